The van der Waals surface area contributed by atoms with Crippen LogP contribution in [0.5, 0.6) is 0 Å². The summed E-state index contributed by atoms with van der Waals surface area (Å²) in [6.45, 7) is 4.01. The van der Waals surface area contributed by atoms with Gasteiger partial charge < -0.3 is 15.5 Å². The fraction of sp³-hybridized carbons (Fsp3) is 0.533. The van der Waals surface area contributed by atoms with Gasteiger partial charge in [0, 0.05) is 24.1 Å². The second kappa shape index (κ2) is 10.9. The van der Waals surface area contributed by atoms with Gasteiger partial charge in [-0.25, -0.2) is 0 Å². The van der Waals surface area contributed by atoms with Crippen LogP contribution in [0.1, 0.15) is 62.5 Å². The Bertz CT molecular complexity index is 1010. The first-order valence-corrected chi connectivity index (χ1v) is 13.6. The number of hydrogen-bond acceptors (Lipinski definition) is 3. The Morgan fingerprint density at radius 3 is 2.31 bits per heavy atom. The van der Waals surface area contributed by atoms with E-state index in [4.69, 9.17) is 0 Å². The number of nitrogens with zero attached hydrogens (tertiary/aromatic N) is 1. The maximum absolute atomic E-state index is 13.0. The average Bonchev–Trinajstić information content (AvgIpc) is 3.26. The van der Waals surface area contributed by atoms with Crippen molar-refractivity contribution in [3.05, 3.63) is 65.7 Å². The minimum atomic E-state index is -0.239. The lowest BCUT2D eigenvalue weighted by molar-refractivity contribution is -0.134. The lowest BCUT2D eigenvalue weighted by atomic mass is 9.74. The molecule has 2 aromatic rings. The summed E-state index contributed by atoms with van der Waals surface area (Å²) < 4.78 is 0. The highest BCUT2D eigenvalue weighted by molar-refractivity contribution is 5.96. The van der Waals surface area contributed by atoms with Gasteiger partial charge in [0.2, 0.25) is 11.8 Å². The number of carbonyl (C=O) groups is 2. The molecule has 35 heavy (non-hydrogen) atoms. The summed E-state index contributed by atoms with van der Waals surface area (Å²) in [4.78, 5) is 28.5. The van der Waals surface area contributed by atoms with E-state index in [0.29, 0.717) is 12.0 Å². The van der Waals surface area contributed by atoms with Crippen LogP contribution < -0.4 is 10.6 Å². The standard InChI is InChI=1S/C30H39N3O2/c34-28(25-12-5-6-13-26(25)29(35)32-24-10-2-1-3-11-24)31-19-8-20-33-21-17-30(18-22-33)16-15-23-9-4-7-14-27(23)30/h1-4,7,9-11,14,25-26H,5-6,8,12-13,15-22H2,(H,31,34)(H,32,35). The van der Waals surface area contributed by atoms with Gasteiger partial charge in [-0.3, -0.25) is 9.59 Å². The summed E-state index contributed by atoms with van der Waals surface area (Å²) in [7, 11) is 0. The van der Waals surface area contributed by atoms with Crippen molar-refractivity contribution in [3.63, 3.8) is 0 Å². The highest BCUT2D eigenvalue weighted by Crippen LogP contribution is 2.46. The third kappa shape index (κ3) is 5.45. The predicted octanol–water partition coefficient (Wildman–Crippen LogP) is 4.92. The molecule has 0 bridgehead atoms. The maximum Gasteiger partial charge on any atom is 0.228 e. The fourth-order valence-electron chi connectivity index (χ4n) is 6.65. The molecular formula is C30H39N3O2. The SMILES string of the molecule is O=C(NCCCN1CCC2(CCc3ccccc32)CC1)C1CCCCC1C(=O)Nc1ccccc1. The van der Waals surface area contributed by atoms with E-state index in [1.165, 1.54) is 25.7 Å². The molecule has 0 radical (unpaired) electrons. The Hall–Kier alpha value is -2.66. The quantitative estimate of drug-likeness (QED) is 0.561. The molecule has 2 aromatic carbocycles. The number of aryl methyl sites for hydroxylation is 1. The second-order valence-corrected chi connectivity index (χ2v) is 10.8. The van der Waals surface area contributed by atoms with Crippen molar-refractivity contribution in [2.75, 3.05) is 31.5 Å². The molecule has 1 saturated carbocycles. The summed E-state index contributed by atoms with van der Waals surface area (Å²) >= 11 is 0. The average molecular weight is 474 g/mol. The van der Waals surface area contributed by atoms with Crippen LogP contribution in [0.4, 0.5) is 5.69 Å². The molecule has 5 heteroatoms. The Morgan fingerprint density at radius 2 is 1.54 bits per heavy atom. The Kier molecular flexibility index (Phi) is 7.52. The van der Waals surface area contributed by atoms with Gasteiger partial charge in [0.05, 0.1) is 0 Å². The normalized spacial score (nSPS) is 23.5. The molecule has 2 unspecified atom stereocenters. The van der Waals surface area contributed by atoms with Crippen LogP contribution in [0.15, 0.2) is 54.6 Å². The third-order valence-electron chi connectivity index (χ3n) is 8.71. The number of amides is 2. The highest BCUT2D eigenvalue weighted by Gasteiger charge is 2.40. The zero-order valence-electron chi connectivity index (χ0n) is 20.8. The van der Waals surface area contributed by atoms with Crippen LogP contribution in [-0.4, -0.2) is 42.9 Å². The number of hydrogen-bond donors (Lipinski definition) is 2. The van der Waals surface area contributed by atoms with E-state index in [-0.39, 0.29) is 23.7 Å². The molecule has 3 aliphatic rings. The maximum atomic E-state index is 13.0. The van der Waals surface area contributed by atoms with Crippen molar-refractivity contribution in [3.8, 4) is 0 Å². The van der Waals surface area contributed by atoms with E-state index < -0.39 is 0 Å². The monoisotopic (exact) mass is 473 g/mol. The van der Waals surface area contributed by atoms with Gasteiger partial charge in [0.1, 0.15) is 0 Å². The molecule has 2 fully saturated rings. The van der Waals surface area contributed by atoms with Crippen molar-refractivity contribution < 1.29 is 9.59 Å². The summed E-state index contributed by atoms with van der Waals surface area (Å²) in [6.07, 6.45) is 9.61. The largest absolute Gasteiger partial charge is 0.356 e. The van der Waals surface area contributed by atoms with Crippen LogP contribution in [-0.2, 0) is 21.4 Å². The number of anilines is 1. The summed E-state index contributed by atoms with van der Waals surface area (Å²) in [5, 5.41) is 6.16. The Balaban J connectivity index is 1.05. The van der Waals surface area contributed by atoms with Crippen LogP contribution in [0.3, 0.4) is 0 Å². The lowest BCUT2D eigenvalue weighted by Crippen LogP contribution is -2.44. The zero-order valence-corrected chi connectivity index (χ0v) is 20.8. The van der Waals surface area contributed by atoms with E-state index in [1.54, 1.807) is 11.1 Å². The topological polar surface area (TPSA) is 61.4 Å². The fourth-order valence-corrected chi connectivity index (χ4v) is 6.65. The van der Waals surface area contributed by atoms with Crippen LogP contribution >= 0.6 is 0 Å². The number of fused-ring (bicyclic) bond motifs is 2. The van der Waals surface area contributed by atoms with Crippen molar-refractivity contribution in [2.45, 2.75) is 63.2 Å². The van der Waals surface area contributed by atoms with Crippen LogP contribution in [0.25, 0.3) is 0 Å². The van der Waals surface area contributed by atoms with E-state index in [0.717, 1.165) is 57.4 Å². The number of likely N-dealkylation sites (tertiary alicyclic amines) is 1. The van der Waals surface area contributed by atoms with Gasteiger partial charge in [-0.2, -0.15) is 0 Å². The first kappa shape index (κ1) is 24.1. The number of nitrogens with one attached hydrogen (secondary N) is 2. The smallest absolute Gasteiger partial charge is 0.228 e. The van der Waals surface area contributed by atoms with E-state index in [9.17, 15) is 9.59 Å². The lowest BCUT2D eigenvalue weighted by Gasteiger charge is -2.40. The molecule has 5 nitrogen and oxygen atoms in total. The van der Waals surface area contributed by atoms with Crippen molar-refractivity contribution in [1.82, 2.24) is 10.2 Å². The minimum absolute atomic E-state index is 0.0215. The molecule has 1 saturated heterocycles. The number of benzene rings is 2. The predicted molar refractivity (Wildman–Crippen MR) is 140 cm³/mol. The molecule has 2 N–H and O–H groups in total. The second-order valence-electron chi connectivity index (χ2n) is 10.8. The van der Waals surface area contributed by atoms with E-state index >= 15 is 0 Å². The molecule has 1 heterocycles. The summed E-state index contributed by atoms with van der Waals surface area (Å²) in [5.41, 5.74) is 4.36. The van der Waals surface area contributed by atoms with Gasteiger partial charge in [0.15, 0.2) is 0 Å². The number of carbonyl (C=O) groups excluding carboxylic acids is 2. The molecule has 2 aliphatic carbocycles. The Morgan fingerprint density at radius 1 is 0.857 bits per heavy atom. The molecule has 5 rings (SSSR count). The number of rotatable bonds is 7. The first-order chi connectivity index (χ1) is 17.1. The van der Waals surface area contributed by atoms with Crippen molar-refractivity contribution in [1.29, 1.82) is 0 Å². The minimum Gasteiger partial charge on any atom is -0.356 e. The highest BCUT2D eigenvalue weighted by atomic mass is 16.2. The van der Waals surface area contributed by atoms with Gasteiger partial charge in [0.25, 0.3) is 0 Å². The van der Waals surface area contributed by atoms with Gasteiger partial charge >= 0.3 is 0 Å². The first-order valence-electron chi connectivity index (χ1n) is 13.6. The molecule has 2 amide bonds. The Labute approximate surface area is 209 Å². The van der Waals surface area contributed by atoms with E-state index in [1.807, 2.05) is 30.3 Å². The molecular weight excluding hydrogens is 434 g/mol. The third-order valence-corrected chi connectivity index (χ3v) is 8.71. The summed E-state index contributed by atoms with van der Waals surface area (Å²) in [6, 6.07) is 18.6. The number of piperidine rings is 1. The van der Waals surface area contributed by atoms with Crippen LogP contribution in [0.2, 0.25) is 0 Å². The van der Waals surface area contributed by atoms with Gasteiger partial charge in [-0.15, -0.1) is 0 Å². The van der Waals surface area contributed by atoms with Crippen molar-refractivity contribution in [2.24, 2.45) is 11.8 Å². The molecule has 1 aliphatic heterocycles. The summed E-state index contributed by atoms with van der Waals surface area (Å²) in [5.74, 6) is -0.425. The van der Waals surface area contributed by atoms with E-state index in [2.05, 4.69) is 39.8 Å². The van der Waals surface area contributed by atoms with Gasteiger partial charge in [-0.1, -0.05) is 55.3 Å². The van der Waals surface area contributed by atoms with Gasteiger partial charge in [-0.05, 0) is 93.3 Å². The zero-order chi connectivity index (χ0) is 24.1. The molecule has 186 valence electrons. The van der Waals surface area contributed by atoms with Crippen LogP contribution in [0, 0.1) is 11.8 Å². The van der Waals surface area contributed by atoms with Crippen molar-refractivity contribution >= 4 is 17.5 Å². The molecule has 2 atom stereocenters. The molecule has 0 aromatic heterocycles. The number of para-hydroxylation sites is 1. The molecule has 1 spiro atoms.